The number of hydrogen-bond acceptors (Lipinski definition) is 5. The minimum Gasteiger partial charge on any atom is -0.504 e. The van der Waals surface area contributed by atoms with Gasteiger partial charge in [0, 0.05) is 17.2 Å². The molecule has 0 bridgehead atoms. The number of fused-ring (bicyclic) bond motifs is 1. The first kappa shape index (κ1) is 21.9. The van der Waals surface area contributed by atoms with Crippen molar-refractivity contribution in [3.63, 3.8) is 0 Å². The Labute approximate surface area is 167 Å². The maximum absolute atomic E-state index is 12.4. The van der Waals surface area contributed by atoms with Crippen molar-refractivity contribution >= 4 is 16.7 Å². The Bertz CT molecular complexity index is 769. The molecule has 0 fully saturated rings. The van der Waals surface area contributed by atoms with Gasteiger partial charge < -0.3 is 19.3 Å². The van der Waals surface area contributed by atoms with Gasteiger partial charge in [0.25, 0.3) is 0 Å². The number of unbranched alkanes of at least 4 members (excludes halogenated alkanes) is 3. The number of rotatable bonds is 12. The summed E-state index contributed by atoms with van der Waals surface area (Å²) < 4.78 is 17.6. The molecule has 0 aliphatic carbocycles. The lowest BCUT2D eigenvalue weighted by molar-refractivity contribution is -0.134. The van der Waals surface area contributed by atoms with Gasteiger partial charge in [-0.05, 0) is 19.3 Å². The molecule has 0 atom stereocenters. The molecule has 0 unspecified atom stereocenters. The molecule has 5 nitrogen and oxygen atoms in total. The Morgan fingerprint density at radius 2 is 1.39 bits per heavy atom. The molecule has 0 saturated heterocycles. The summed E-state index contributed by atoms with van der Waals surface area (Å²) in [4.78, 5) is 12.4. The zero-order valence-electron chi connectivity index (χ0n) is 17.3. The molecule has 154 valence electrons. The number of phenols is 1. The highest BCUT2D eigenvalue weighted by Gasteiger charge is 2.25. The number of carbonyl (C=O) groups excluding carboxylic acids is 1. The number of aromatic hydroxyl groups is 1. The average Bonchev–Trinajstić information content (AvgIpc) is 2.71. The first-order valence-corrected chi connectivity index (χ1v) is 10.4. The minimum absolute atomic E-state index is 0.0200. The van der Waals surface area contributed by atoms with Gasteiger partial charge >= 0.3 is 5.97 Å². The number of esters is 1. The zero-order valence-corrected chi connectivity index (χ0v) is 17.3. The average molecular weight is 389 g/mol. The first-order chi connectivity index (χ1) is 13.6. The largest absolute Gasteiger partial charge is 0.504 e. The first-order valence-electron chi connectivity index (χ1n) is 10.4. The molecule has 0 heterocycles. The van der Waals surface area contributed by atoms with Gasteiger partial charge in [-0.15, -0.1) is 0 Å². The zero-order chi connectivity index (χ0) is 20.4. The monoisotopic (exact) mass is 388 g/mol. The number of ether oxygens (including phenoxy) is 3. The maximum atomic E-state index is 12.4. The number of carbonyl (C=O) groups is 1. The molecule has 2 rings (SSSR count). The van der Waals surface area contributed by atoms with Crippen LogP contribution in [0.5, 0.6) is 23.0 Å². The molecule has 1 N–H and O–H groups in total. The van der Waals surface area contributed by atoms with Crippen LogP contribution in [0.25, 0.3) is 10.8 Å². The minimum atomic E-state index is -0.308. The van der Waals surface area contributed by atoms with Gasteiger partial charge in [-0.1, -0.05) is 64.3 Å². The van der Waals surface area contributed by atoms with Crippen LogP contribution in [-0.2, 0) is 4.79 Å². The summed E-state index contributed by atoms with van der Waals surface area (Å²) in [6.45, 7) is 7.09. The summed E-state index contributed by atoms with van der Waals surface area (Å²) in [6.07, 6.45) is 5.66. The fourth-order valence-electron chi connectivity index (χ4n) is 2.83. The van der Waals surface area contributed by atoms with E-state index in [1.54, 1.807) is 6.07 Å². The van der Waals surface area contributed by atoms with Gasteiger partial charge in [0.15, 0.2) is 11.5 Å². The molecular weight excluding hydrogens is 356 g/mol. The van der Waals surface area contributed by atoms with Crippen LogP contribution < -0.4 is 14.2 Å². The quantitative estimate of drug-likeness (QED) is 0.274. The molecular formula is C23H32O5. The van der Waals surface area contributed by atoms with E-state index in [4.69, 9.17) is 14.2 Å². The van der Waals surface area contributed by atoms with E-state index in [1.165, 1.54) is 0 Å². The van der Waals surface area contributed by atoms with Gasteiger partial charge in [0.2, 0.25) is 11.5 Å². The van der Waals surface area contributed by atoms with Crippen molar-refractivity contribution in [2.45, 2.75) is 65.7 Å². The Morgan fingerprint density at radius 1 is 0.821 bits per heavy atom. The molecule has 0 amide bonds. The summed E-state index contributed by atoms with van der Waals surface area (Å²) in [5.74, 6) is 0.605. The van der Waals surface area contributed by atoms with Crippen molar-refractivity contribution in [1.82, 2.24) is 0 Å². The van der Waals surface area contributed by atoms with E-state index in [9.17, 15) is 9.90 Å². The van der Waals surface area contributed by atoms with Gasteiger partial charge in [0.05, 0.1) is 13.2 Å². The second-order valence-electron chi connectivity index (χ2n) is 6.86. The van der Waals surface area contributed by atoms with Crippen molar-refractivity contribution in [3.05, 3.63) is 24.3 Å². The molecule has 0 aromatic heterocycles. The van der Waals surface area contributed by atoms with Gasteiger partial charge in [-0.25, -0.2) is 0 Å². The summed E-state index contributed by atoms with van der Waals surface area (Å²) >= 11 is 0. The molecule has 2 aromatic rings. The van der Waals surface area contributed by atoms with Gasteiger partial charge in [0.1, 0.15) is 0 Å². The lowest BCUT2D eigenvalue weighted by Crippen LogP contribution is -2.11. The van der Waals surface area contributed by atoms with E-state index in [-0.39, 0.29) is 17.5 Å². The number of benzene rings is 2. The van der Waals surface area contributed by atoms with Crippen LogP contribution in [-0.4, -0.2) is 24.3 Å². The molecule has 2 aromatic carbocycles. The van der Waals surface area contributed by atoms with Crippen molar-refractivity contribution in [1.29, 1.82) is 0 Å². The van der Waals surface area contributed by atoms with Crippen molar-refractivity contribution < 1.29 is 24.1 Å². The van der Waals surface area contributed by atoms with E-state index < -0.39 is 0 Å². The maximum Gasteiger partial charge on any atom is 0.311 e. The predicted octanol–water partition coefficient (Wildman–Crippen LogP) is 6.00. The third-order valence-corrected chi connectivity index (χ3v) is 4.49. The summed E-state index contributed by atoms with van der Waals surface area (Å²) in [6, 6.07) is 7.29. The lowest BCUT2D eigenvalue weighted by atomic mass is 10.1. The highest BCUT2D eigenvalue weighted by atomic mass is 16.6. The van der Waals surface area contributed by atoms with Crippen LogP contribution in [0, 0.1) is 0 Å². The number of hydrogen-bond donors (Lipinski definition) is 1. The molecule has 0 spiro atoms. The summed E-state index contributed by atoms with van der Waals surface area (Å²) in [5.41, 5.74) is 0. The molecule has 0 radical (unpaired) electrons. The van der Waals surface area contributed by atoms with Crippen molar-refractivity contribution in [2.75, 3.05) is 13.2 Å². The van der Waals surface area contributed by atoms with Crippen molar-refractivity contribution in [2.24, 2.45) is 0 Å². The normalized spacial score (nSPS) is 10.8. The lowest BCUT2D eigenvalue weighted by Gasteiger charge is -2.20. The Hall–Kier alpha value is -2.43. The van der Waals surface area contributed by atoms with E-state index in [0.29, 0.717) is 41.9 Å². The fourth-order valence-corrected chi connectivity index (χ4v) is 2.83. The highest BCUT2D eigenvalue weighted by Crippen LogP contribution is 2.51. The van der Waals surface area contributed by atoms with Crippen LogP contribution in [0.1, 0.15) is 65.7 Å². The predicted molar refractivity (Wildman–Crippen MR) is 112 cm³/mol. The van der Waals surface area contributed by atoms with Gasteiger partial charge in [-0.2, -0.15) is 0 Å². The Balaban J connectivity index is 2.53. The summed E-state index contributed by atoms with van der Waals surface area (Å²) in [5, 5.41) is 12.1. The third-order valence-electron chi connectivity index (χ3n) is 4.49. The molecule has 0 aliphatic rings. The van der Waals surface area contributed by atoms with E-state index >= 15 is 0 Å². The third kappa shape index (κ3) is 5.54. The second-order valence-corrected chi connectivity index (χ2v) is 6.86. The SMILES string of the molecule is CCCCOc1c(OCCCC)c(OC(=O)CCCC)c2ccccc2c1O. The standard InChI is InChI=1S/C23H32O5/c1-4-7-14-19(24)28-21-18-13-11-10-12-17(18)20(25)22(26-15-8-5-2)23(21)27-16-9-6-3/h10-13,25H,4-9,14-16H2,1-3H3. The molecule has 28 heavy (non-hydrogen) atoms. The Kier molecular flexibility index (Phi) is 8.92. The van der Waals surface area contributed by atoms with Gasteiger partial charge in [-0.3, -0.25) is 4.79 Å². The summed E-state index contributed by atoms with van der Waals surface area (Å²) in [7, 11) is 0. The van der Waals surface area contributed by atoms with Crippen LogP contribution in [0.2, 0.25) is 0 Å². The van der Waals surface area contributed by atoms with Crippen LogP contribution in [0.15, 0.2) is 24.3 Å². The second kappa shape index (κ2) is 11.4. The topological polar surface area (TPSA) is 65.0 Å². The molecule has 0 aliphatic heterocycles. The smallest absolute Gasteiger partial charge is 0.311 e. The van der Waals surface area contributed by atoms with E-state index in [0.717, 1.165) is 38.5 Å². The van der Waals surface area contributed by atoms with Crippen LogP contribution in [0.3, 0.4) is 0 Å². The Morgan fingerprint density at radius 3 is 2.00 bits per heavy atom. The van der Waals surface area contributed by atoms with Crippen LogP contribution in [0.4, 0.5) is 0 Å². The van der Waals surface area contributed by atoms with Crippen molar-refractivity contribution in [3.8, 4) is 23.0 Å². The molecule has 5 heteroatoms. The van der Waals surface area contributed by atoms with Crippen LogP contribution >= 0.6 is 0 Å². The van der Waals surface area contributed by atoms with E-state index in [1.807, 2.05) is 25.1 Å². The fraction of sp³-hybridized carbons (Fsp3) is 0.522. The number of phenolic OH excluding ortho intramolecular Hbond substituents is 1. The van der Waals surface area contributed by atoms with E-state index in [2.05, 4.69) is 13.8 Å². The molecule has 0 saturated carbocycles. The highest BCUT2D eigenvalue weighted by molar-refractivity contribution is 5.99.